The molecule has 32 heavy (non-hydrogen) atoms. The van der Waals surface area contributed by atoms with Gasteiger partial charge in [-0.1, -0.05) is 24.3 Å². The number of anilines is 2. The molecule has 4 aromatic rings. The van der Waals surface area contributed by atoms with Gasteiger partial charge in [0.25, 0.3) is 20.2 Å². The normalized spacial score (nSPS) is 11.8. The summed E-state index contributed by atoms with van der Waals surface area (Å²) in [6.45, 7) is 0. The van der Waals surface area contributed by atoms with Crippen LogP contribution in [0.4, 0.5) is 11.4 Å². The Hall–Kier alpha value is -3.58. The van der Waals surface area contributed by atoms with Gasteiger partial charge in [0.2, 0.25) is 0 Å². The Balaban J connectivity index is 0.000000181. The second-order valence-electron chi connectivity index (χ2n) is 6.69. The third-order valence-corrected chi connectivity index (χ3v) is 6.29. The minimum absolute atomic E-state index is 0.125. The third kappa shape index (κ3) is 4.53. The molecule has 0 radical (unpaired) electrons. The highest BCUT2D eigenvalue weighted by molar-refractivity contribution is 7.86. The van der Waals surface area contributed by atoms with Gasteiger partial charge in [0, 0.05) is 33.6 Å². The molecule has 10 nitrogen and oxygen atoms in total. The fourth-order valence-corrected chi connectivity index (χ4v) is 4.39. The standard InChI is InChI=1S/2C10H9NO4S/c11-8-3-1-2-6-4-7(16(13,14)15)5-9(12)10(6)8;11-7-4-5-9(16(13,14)15)6-2-1-3-8(12)10(6)7/h2*1-5,12H,11H2,(H,13,14,15). The molecule has 0 amide bonds. The molecule has 0 spiro atoms. The number of rotatable bonds is 2. The lowest BCUT2D eigenvalue weighted by Gasteiger charge is -2.07. The van der Waals surface area contributed by atoms with Gasteiger partial charge in [-0.2, -0.15) is 16.8 Å². The van der Waals surface area contributed by atoms with Crippen molar-refractivity contribution in [3.8, 4) is 11.5 Å². The molecule has 0 aliphatic rings. The average molecular weight is 479 g/mol. The van der Waals surface area contributed by atoms with Crippen LogP contribution in [-0.4, -0.2) is 36.2 Å². The number of nitrogens with two attached hydrogens (primary N) is 2. The van der Waals surface area contributed by atoms with E-state index in [0.29, 0.717) is 16.5 Å². The Bertz CT molecular complexity index is 1560. The number of benzene rings is 4. The minimum atomic E-state index is -4.33. The van der Waals surface area contributed by atoms with Gasteiger partial charge in [0.05, 0.1) is 4.90 Å². The molecule has 8 N–H and O–H groups in total. The molecule has 0 atom stereocenters. The van der Waals surface area contributed by atoms with Crippen LogP contribution in [0.5, 0.6) is 11.5 Å². The number of phenols is 2. The molecule has 4 aromatic carbocycles. The van der Waals surface area contributed by atoms with Crippen molar-refractivity contribution in [1.82, 2.24) is 0 Å². The molecule has 0 saturated heterocycles. The summed E-state index contributed by atoms with van der Waals surface area (Å²) in [6.07, 6.45) is 0. The molecule has 0 bridgehead atoms. The lowest BCUT2D eigenvalue weighted by Crippen LogP contribution is -2.00. The summed E-state index contributed by atoms with van der Waals surface area (Å²) in [6, 6.07) is 13.9. The van der Waals surface area contributed by atoms with Gasteiger partial charge in [0.1, 0.15) is 16.4 Å². The molecule has 4 rings (SSSR count). The van der Waals surface area contributed by atoms with E-state index in [1.165, 1.54) is 36.4 Å². The number of hydrogen-bond acceptors (Lipinski definition) is 8. The number of phenolic OH excluding ortho intramolecular Hbond substituents is 2. The van der Waals surface area contributed by atoms with Gasteiger partial charge < -0.3 is 21.7 Å². The van der Waals surface area contributed by atoms with Crippen LogP contribution >= 0.6 is 0 Å². The smallest absolute Gasteiger partial charge is 0.295 e. The second-order valence-corrected chi connectivity index (χ2v) is 9.50. The van der Waals surface area contributed by atoms with E-state index < -0.39 is 20.2 Å². The van der Waals surface area contributed by atoms with E-state index in [4.69, 9.17) is 20.6 Å². The molecule has 0 fully saturated rings. The fourth-order valence-electron chi connectivity index (χ4n) is 3.17. The second kappa shape index (κ2) is 8.16. The largest absolute Gasteiger partial charge is 0.507 e. The van der Waals surface area contributed by atoms with E-state index in [2.05, 4.69) is 0 Å². The average Bonchev–Trinajstić information content (AvgIpc) is 2.67. The molecule has 0 unspecified atom stereocenters. The molecular formula is C20H18N2O8S2. The fraction of sp³-hybridized carbons (Fsp3) is 0. The van der Waals surface area contributed by atoms with Crippen molar-refractivity contribution in [2.75, 3.05) is 11.5 Å². The van der Waals surface area contributed by atoms with Crippen LogP contribution in [0.1, 0.15) is 0 Å². The van der Waals surface area contributed by atoms with Crippen LogP contribution in [0.15, 0.2) is 70.5 Å². The Kier molecular flexibility index (Phi) is 5.89. The van der Waals surface area contributed by atoms with E-state index >= 15 is 0 Å². The highest BCUT2D eigenvalue weighted by Gasteiger charge is 2.16. The number of aromatic hydroxyl groups is 2. The van der Waals surface area contributed by atoms with Crippen molar-refractivity contribution >= 4 is 53.2 Å². The summed E-state index contributed by atoms with van der Waals surface area (Å²) < 4.78 is 61.9. The Morgan fingerprint density at radius 2 is 1.28 bits per heavy atom. The van der Waals surface area contributed by atoms with E-state index in [1.807, 2.05) is 0 Å². The summed E-state index contributed by atoms with van der Waals surface area (Å²) in [5, 5.41) is 20.5. The van der Waals surface area contributed by atoms with Crippen LogP contribution < -0.4 is 11.5 Å². The van der Waals surface area contributed by atoms with Crippen molar-refractivity contribution in [3.63, 3.8) is 0 Å². The summed E-state index contributed by atoms with van der Waals surface area (Å²) in [5.74, 6) is -0.399. The number of hydrogen-bond donors (Lipinski definition) is 6. The van der Waals surface area contributed by atoms with Gasteiger partial charge in [-0.3, -0.25) is 9.11 Å². The molecule has 0 heterocycles. The minimum Gasteiger partial charge on any atom is -0.507 e. The first-order valence-corrected chi connectivity index (χ1v) is 11.6. The van der Waals surface area contributed by atoms with Gasteiger partial charge >= 0.3 is 0 Å². The van der Waals surface area contributed by atoms with Gasteiger partial charge in [-0.15, -0.1) is 0 Å². The van der Waals surface area contributed by atoms with E-state index in [-0.39, 0.29) is 37.7 Å². The van der Waals surface area contributed by atoms with Gasteiger partial charge in [0.15, 0.2) is 0 Å². The predicted octanol–water partition coefficient (Wildman–Crippen LogP) is 2.75. The van der Waals surface area contributed by atoms with E-state index in [1.54, 1.807) is 18.2 Å². The molecule has 0 aromatic heterocycles. The lowest BCUT2D eigenvalue weighted by molar-refractivity contribution is 0.471. The highest BCUT2D eigenvalue weighted by Crippen LogP contribution is 2.34. The molecular weight excluding hydrogens is 460 g/mol. The maximum absolute atomic E-state index is 11.1. The lowest BCUT2D eigenvalue weighted by atomic mass is 10.1. The van der Waals surface area contributed by atoms with E-state index in [9.17, 15) is 27.0 Å². The summed E-state index contributed by atoms with van der Waals surface area (Å²) >= 11 is 0. The van der Waals surface area contributed by atoms with Crippen molar-refractivity contribution in [1.29, 1.82) is 0 Å². The van der Waals surface area contributed by atoms with Crippen LogP contribution in [0.3, 0.4) is 0 Å². The summed E-state index contributed by atoms with van der Waals surface area (Å²) in [5.41, 5.74) is 11.9. The maximum Gasteiger partial charge on any atom is 0.295 e. The quantitative estimate of drug-likeness (QED) is 0.184. The molecule has 168 valence electrons. The molecule has 0 aliphatic carbocycles. The van der Waals surface area contributed by atoms with Crippen LogP contribution in [0.2, 0.25) is 0 Å². The Morgan fingerprint density at radius 1 is 0.656 bits per heavy atom. The third-order valence-electron chi connectivity index (χ3n) is 4.55. The first kappa shape index (κ1) is 23.1. The number of nitrogen functional groups attached to an aromatic ring is 2. The monoisotopic (exact) mass is 478 g/mol. The van der Waals surface area contributed by atoms with E-state index in [0.717, 1.165) is 6.07 Å². The van der Waals surface area contributed by atoms with Gasteiger partial charge in [-0.25, -0.2) is 0 Å². The van der Waals surface area contributed by atoms with Crippen molar-refractivity contribution in [3.05, 3.63) is 60.7 Å². The first-order valence-electron chi connectivity index (χ1n) is 8.77. The van der Waals surface area contributed by atoms with Crippen molar-refractivity contribution in [2.24, 2.45) is 0 Å². The predicted molar refractivity (Wildman–Crippen MR) is 120 cm³/mol. The van der Waals surface area contributed by atoms with Crippen LogP contribution in [-0.2, 0) is 20.2 Å². The molecule has 0 aliphatic heterocycles. The van der Waals surface area contributed by atoms with Gasteiger partial charge in [-0.05, 0) is 35.7 Å². The first-order chi connectivity index (χ1) is 14.8. The zero-order valence-electron chi connectivity index (χ0n) is 16.2. The highest BCUT2D eigenvalue weighted by atomic mass is 32.2. The number of fused-ring (bicyclic) bond motifs is 2. The summed E-state index contributed by atoms with van der Waals surface area (Å²) in [7, 11) is -8.66. The van der Waals surface area contributed by atoms with Crippen LogP contribution in [0.25, 0.3) is 21.5 Å². The SMILES string of the molecule is Nc1ccc(S(=O)(=O)O)c2cccc(O)c12.Nc1cccc2cc(S(=O)(=O)O)cc(O)c12. The zero-order valence-corrected chi connectivity index (χ0v) is 17.8. The van der Waals surface area contributed by atoms with Crippen molar-refractivity contribution in [2.45, 2.75) is 9.79 Å². The Morgan fingerprint density at radius 3 is 1.91 bits per heavy atom. The zero-order chi connectivity index (χ0) is 23.8. The topological polar surface area (TPSA) is 201 Å². The van der Waals surface area contributed by atoms with Crippen molar-refractivity contribution < 1.29 is 36.2 Å². The Labute approximate surface area is 182 Å². The van der Waals surface area contributed by atoms with Crippen LogP contribution in [0, 0.1) is 0 Å². The molecule has 0 saturated carbocycles. The molecule has 12 heteroatoms. The summed E-state index contributed by atoms with van der Waals surface area (Å²) in [4.78, 5) is -0.629. The maximum atomic E-state index is 11.1.